The molecule has 0 fully saturated rings. The lowest BCUT2D eigenvalue weighted by Crippen LogP contribution is -2.19. The van der Waals surface area contributed by atoms with Gasteiger partial charge in [-0.15, -0.1) is 0 Å². The van der Waals surface area contributed by atoms with E-state index in [2.05, 4.69) is 15.6 Å². The van der Waals surface area contributed by atoms with E-state index in [4.69, 9.17) is 0 Å². The molecule has 0 bridgehead atoms. The van der Waals surface area contributed by atoms with Gasteiger partial charge in [0.15, 0.2) is 0 Å². The normalized spacial score (nSPS) is 10.0. The fourth-order valence-electron chi connectivity index (χ4n) is 1.57. The van der Waals surface area contributed by atoms with Crippen molar-refractivity contribution in [1.29, 1.82) is 0 Å². The number of benzene rings is 1. The number of phenols is 1. The summed E-state index contributed by atoms with van der Waals surface area (Å²) in [4.78, 5) is 15.8. The van der Waals surface area contributed by atoms with Crippen molar-refractivity contribution in [3.05, 3.63) is 47.8 Å². The Morgan fingerprint density at radius 1 is 1.11 bits per heavy atom. The number of rotatable bonds is 2. The molecule has 1 aromatic heterocycles. The van der Waals surface area contributed by atoms with E-state index in [1.54, 1.807) is 37.4 Å². The molecule has 2 amide bonds. The molecule has 0 saturated carbocycles. The number of pyridine rings is 1. The Bertz CT molecular complexity index is 594. The standard InChI is InChI=1S/C14H15N3O2/c1-9-7-11(5-6-13(9)18)16-14(19)17-12-4-3-10(2)15-8-12/h3-8,18H,1-2H3,(H2,16,17,19). The first-order chi connectivity index (χ1) is 9.04. The van der Waals surface area contributed by atoms with E-state index < -0.39 is 0 Å². The number of amides is 2. The van der Waals surface area contributed by atoms with Crippen molar-refractivity contribution >= 4 is 17.4 Å². The first kappa shape index (κ1) is 12.9. The molecule has 0 spiro atoms. The van der Waals surface area contributed by atoms with Gasteiger partial charge in [-0.1, -0.05) is 0 Å². The van der Waals surface area contributed by atoms with Crippen LogP contribution in [0.2, 0.25) is 0 Å². The number of aromatic hydroxyl groups is 1. The molecule has 5 nitrogen and oxygen atoms in total. The van der Waals surface area contributed by atoms with Crippen LogP contribution in [-0.2, 0) is 0 Å². The zero-order valence-corrected chi connectivity index (χ0v) is 10.8. The maximum atomic E-state index is 11.8. The van der Waals surface area contributed by atoms with Gasteiger partial charge in [-0.2, -0.15) is 0 Å². The minimum Gasteiger partial charge on any atom is -0.508 e. The Hall–Kier alpha value is -2.56. The van der Waals surface area contributed by atoms with Gasteiger partial charge in [0.25, 0.3) is 0 Å². The fraction of sp³-hybridized carbons (Fsp3) is 0.143. The second-order valence-corrected chi connectivity index (χ2v) is 4.27. The Labute approximate surface area is 111 Å². The van der Waals surface area contributed by atoms with E-state index in [1.165, 1.54) is 0 Å². The first-order valence-electron chi connectivity index (χ1n) is 5.85. The highest BCUT2D eigenvalue weighted by molar-refractivity contribution is 5.99. The average molecular weight is 257 g/mol. The Balaban J connectivity index is 2.01. The van der Waals surface area contributed by atoms with Gasteiger partial charge in [0, 0.05) is 11.4 Å². The van der Waals surface area contributed by atoms with Crippen LogP contribution >= 0.6 is 0 Å². The van der Waals surface area contributed by atoms with Gasteiger partial charge in [0.2, 0.25) is 0 Å². The zero-order valence-electron chi connectivity index (χ0n) is 10.8. The van der Waals surface area contributed by atoms with Crippen molar-refractivity contribution < 1.29 is 9.90 Å². The number of nitrogens with zero attached hydrogens (tertiary/aromatic N) is 1. The van der Waals surface area contributed by atoms with E-state index in [0.717, 1.165) is 5.69 Å². The predicted octanol–water partition coefficient (Wildman–Crippen LogP) is 3.05. The van der Waals surface area contributed by atoms with E-state index in [0.29, 0.717) is 16.9 Å². The van der Waals surface area contributed by atoms with Crippen LogP contribution < -0.4 is 10.6 Å². The van der Waals surface area contributed by atoms with Crippen LogP contribution in [0.15, 0.2) is 36.5 Å². The summed E-state index contributed by atoms with van der Waals surface area (Å²) in [5.41, 5.74) is 2.83. The van der Waals surface area contributed by atoms with Gasteiger partial charge in [-0.05, 0) is 49.7 Å². The largest absolute Gasteiger partial charge is 0.508 e. The number of phenolic OH excluding ortho intramolecular Hbond substituents is 1. The van der Waals surface area contributed by atoms with Crippen molar-refractivity contribution in [2.45, 2.75) is 13.8 Å². The van der Waals surface area contributed by atoms with Crippen molar-refractivity contribution in [3.8, 4) is 5.75 Å². The number of carbonyl (C=O) groups excluding carboxylic acids is 1. The third kappa shape index (κ3) is 3.45. The van der Waals surface area contributed by atoms with E-state index in [-0.39, 0.29) is 11.8 Å². The maximum Gasteiger partial charge on any atom is 0.323 e. The van der Waals surface area contributed by atoms with Crippen LogP contribution in [0, 0.1) is 13.8 Å². The second-order valence-electron chi connectivity index (χ2n) is 4.27. The van der Waals surface area contributed by atoms with Gasteiger partial charge in [-0.3, -0.25) is 4.98 Å². The van der Waals surface area contributed by atoms with Crippen LogP contribution in [0.5, 0.6) is 5.75 Å². The van der Waals surface area contributed by atoms with Crippen molar-refractivity contribution in [1.82, 2.24) is 4.98 Å². The minimum absolute atomic E-state index is 0.202. The zero-order chi connectivity index (χ0) is 13.8. The third-order valence-electron chi connectivity index (χ3n) is 2.62. The number of nitrogens with one attached hydrogen (secondary N) is 2. The number of anilines is 2. The molecular formula is C14H15N3O2. The molecule has 0 saturated heterocycles. The van der Waals surface area contributed by atoms with Crippen molar-refractivity contribution in [2.75, 3.05) is 10.6 Å². The minimum atomic E-state index is -0.351. The summed E-state index contributed by atoms with van der Waals surface area (Å²) in [5, 5.41) is 14.8. The summed E-state index contributed by atoms with van der Waals surface area (Å²) in [6.45, 7) is 3.64. The smallest absolute Gasteiger partial charge is 0.323 e. The van der Waals surface area contributed by atoms with Crippen LogP contribution in [0.1, 0.15) is 11.3 Å². The number of aromatic nitrogens is 1. The van der Waals surface area contributed by atoms with Crippen LogP contribution in [0.25, 0.3) is 0 Å². The molecule has 0 aliphatic rings. The highest BCUT2D eigenvalue weighted by Gasteiger charge is 2.04. The third-order valence-corrected chi connectivity index (χ3v) is 2.62. The molecule has 19 heavy (non-hydrogen) atoms. The molecule has 0 aliphatic carbocycles. The molecule has 98 valence electrons. The van der Waals surface area contributed by atoms with Gasteiger partial charge < -0.3 is 15.7 Å². The van der Waals surface area contributed by atoms with Crippen LogP contribution in [0.4, 0.5) is 16.2 Å². The maximum absolute atomic E-state index is 11.8. The van der Waals surface area contributed by atoms with Gasteiger partial charge in [0.05, 0.1) is 11.9 Å². The Morgan fingerprint density at radius 2 is 1.79 bits per heavy atom. The SMILES string of the molecule is Cc1ccc(NC(=O)Nc2ccc(O)c(C)c2)cn1. The molecule has 2 rings (SSSR count). The van der Waals surface area contributed by atoms with E-state index in [1.807, 2.05) is 13.0 Å². The molecular weight excluding hydrogens is 242 g/mol. The molecule has 2 aromatic rings. The van der Waals surface area contributed by atoms with Crippen molar-refractivity contribution in [2.24, 2.45) is 0 Å². The number of aryl methyl sites for hydroxylation is 2. The first-order valence-corrected chi connectivity index (χ1v) is 5.85. The number of carbonyl (C=O) groups is 1. The quantitative estimate of drug-likeness (QED) is 0.724. The molecule has 0 aliphatic heterocycles. The Kier molecular flexibility index (Phi) is 3.66. The summed E-state index contributed by atoms with van der Waals surface area (Å²) in [7, 11) is 0. The summed E-state index contributed by atoms with van der Waals surface area (Å²) in [6.07, 6.45) is 1.59. The summed E-state index contributed by atoms with van der Waals surface area (Å²) in [5.74, 6) is 0.202. The van der Waals surface area contributed by atoms with Gasteiger partial charge in [0.1, 0.15) is 5.75 Å². The van der Waals surface area contributed by atoms with Crippen LogP contribution in [0.3, 0.4) is 0 Å². The number of urea groups is 1. The molecule has 1 heterocycles. The van der Waals surface area contributed by atoms with Crippen LogP contribution in [-0.4, -0.2) is 16.1 Å². The highest BCUT2D eigenvalue weighted by Crippen LogP contribution is 2.20. The fourth-order valence-corrected chi connectivity index (χ4v) is 1.57. The monoisotopic (exact) mass is 257 g/mol. The number of hydrogen-bond donors (Lipinski definition) is 3. The van der Waals surface area contributed by atoms with Crippen molar-refractivity contribution in [3.63, 3.8) is 0 Å². The molecule has 0 radical (unpaired) electrons. The molecule has 0 unspecified atom stereocenters. The summed E-state index contributed by atoms with van der Waals surface area (Å²) in [6, 6.07) is 8.12. The molecule has 1 aromatic carbocycles. The molecule has 0 atom stereocenters. The lowest BCUT2D eigenvalue weighted by Gasteiger charge is -2.08. The van der Waals surface area contributed by atoms with Gasteiger partial charge in [-0.25, -0.2) is 4.79 Å². The lowest BCUT2D eigenvalue weighted by molar-refractivity contribution is 0.262. The average Bonchev–Trinajstić information content (AvgIpc) is 2.37. The lowest BCUT2D eigenvalue weighted by atomic mass is 10.2. The highest BCUT2D eigenvalue weighted by atomic mass is 16.3. The summed E-state index contributed by atoms with van der Waals surface area (Å²) < 4.78 is 0. The predicted molar refractivity (Wildman–Crippen MR) is 74.5 cm³/mol. The molecule has 5 heteroatoms. The molecule has 3 N–H and O–H groups in total. The Morgan fingerprint density at radius 3 is 2.42 bits per heavy atom. The summed E-state index contributed by atoms with van der Waals surface area (Å²) >= 11 is 0. The van der Waals surface area contributed by atoms with Gasteiger partial charge >= 0.3 is 6.03 Å². The second kappa shape index (κ2) is 5.39. The van der Waals surface area contributed by atoms with E-state index >= 15 is 0 Å². The number of hydrogen-bond acceptors (Lipinski definition) is 3. The van der Waals surface area contributed by atoms with E-state index in [9.17, 15) is 9.90 Å². The topological polar surface area (TPSA) is 74.2 Å².